The zero-order valence-corrected chi connectivity index (χ0v) is 10.2. The van der Waals surface area contributed by atoms with Crippen molar-refractivity contribution < 1.29 is 0 Å². The number of aromatic nitrogens is 5. The Kier molecular flexibility index (Phi) is 3.87. The number of aryl methyl sites for hydroxylation is 1. The first kappa shape index (κ1) is 11.8. The minimum atomic E-state index is 0.164. The van der Waals surface area contributed by atoms with Crippen LogP contribution in [-0.4, -0.2) is 31.5 Å². The second kappa shape index (κ2) is 5.58. The summed E-state index contributed by atoms with van der Waals surface area (Å²) in [5.41, 5.74) is 1.20. The minimum Gasteiger partial charge on any atom is -0.307 e. The van der Waals surface area contributed by atoms with Crippen LogP contribution >= 0.6 is 0 Å². The molecule has 1 unspecified atom stereocenters. The lowest BCUT2D eigenvalue weighted by molar-refractivity contribution is 0.523. The first-order chi connectivity index (χ1) is 8.33. The highest BCUT2D eigenvalue weighted by atomic mass is 15.3. The molecular formula is C11H18N6. The maximum absolute atomic E-state index is 4.27. The molecule has 0 aromatic carbocycles. The van der Waals surface area contributed by atoms with Gasteiger partial charge in [0, 0.05) is 12.7 Å². The molecule has 0 aliphatic rings. The van der Waals surface area contributed by atoms with Gasteiger partial charge in [0.2, 0.25) is 0 Å². The van der Waals surface area contributed by atoms with Crippen molar-refractivity contribution in [1.29, 1.82) is 0 Å². The smallest absolute Gasteiger partial charge is 0.141 e. The van der Waals surface area contributed by atoms with Crippen LogP contribution in [0.5, 0.6) is 0 Å². The third-order valence-electron chi connectivity index (χ3n) is 2.66. The molecule has 0 saturated carbocycles. The van der Waals surface area contributed by atoms with Crippen LogP contribution in [0.3, 0.4) is 0 Å². The fourth-order valence-electron chi connectivity index (χ4n) is 1.82. The average molecular weight is 234 g/mol. The van der Waals surface area contributed by atoms with Crippen LogP contribution in [0.25, 0.3) is 0 Å². The predicted octanol–water partition coefficient (Wildman–Crippen LogP) is 0.914. The predicted molar refractivity (Wildman–Crippen MR) is 64.4 cm³/mol. The summed E-state index contributed by atoms with van der Waals surface area (Å²) in [5, 5.41) is 14.5. The van der Waals surface area contributed by atoms with E-state index in [2.05, 4.69) is 45.6 Å². The largest absolute Gasteiger partial charge is 0.307 e. The Hall–Kier alpha value is -1.69. The molecule has 0 amide bonds. The number of H-pyrrole nitrogens is 1. The SMILES string of the molecule is CCNC(Cc1cnn(CC)c1)c1ncn[nH]1. The lowest BCUT2D eigenvalue weighted by Crippen LogP contribution is -2.24. The monoisotopic (exact) mass is 234 g/mol. The van der Waals surface area contributed by atoms with Gasteiger partial charge in [0.05, 0.1) is 12.2 Å². The highest BCUT2D eigenvalue weighted by Gasteiger charge is 2.14. The lowest BCUT2D eigenvalue weighted by atomic mass is 10.1. The van der Waals surface area contributed by atoms with Crippen molar-refractivity contribution in [3.8, 4) is 0 Å². The molecule has 1 atom stereocenters. The van der Waals surface area contributed by atoms with Gasteiger partial charge in [-0.15, -0.1) is 0 Å². The summed E-state index contributed by atoms with van der Waals surface area (Å²) in [7, 11) is 0. The number of rotatable bonds is 6. The van der Waals surface area contributed by atoms with Crippen LogP contribution in [0.2, 0.25) is 0 Å². The summed E-state index contributed by atoms with van der Waals surface area (Å²) >= 11 is 0. The van der Waals surface area contributed by atoms with E-state index in [1.807, 2.05) is 10.9 Å². The van der Waals surface area contributed by atoms with Crippen LogP contribution in [0, 0.1) is 0 Å². The molecule has 0 spiro atoms. The third kappa shape index (κ3) is 2.91. The average Bonchev–Trinajstić information content (AvgIpc) is 2.99. The van der Waals surface area contributed by atoms with Crippen LogP contribution in [0.1, 0.15) is 31.3 Å². The maximum atomic E-state index is 4.27. The molecule has 2 heterocycles. The molecule has 0 saturated heterocycles. The van der Waals surface area contributed by atoms with E-state index in [9.17, 15) is 0 Å². The van der Waals surface area contributed by atoms with Gasteiger partial charge in [-0.05, 0) is 25.5 Å². The molecule has 2 N–H and O–H groups in total. The van der Waals surface area contributed by atoms with Crippen molar-refractivity contribution in [2.75, 3.05) is 6.54 Å². The number of hydrogen-bond acceptors (Lipinski definition) is 4. The Bertz CT molecular complexity index is 433. The van der Waals surface area contributed by atoms with Gasteiger partial charge in [-0.1, -0.05) is 6.92 Å². The maximum Gasteiger partial charge on any atom is 0.141 e. The Morgan fingerprint density at radius 3 is 2.94 bits per heavy atom. The molecule has 92 valence electrons. The van der Waals surface area contributed by atoms with E-state index in [1.54, 1.807) is 0 Å². The summed E-state index contributed by atoms with van der Waals surface area (Å²) < 4.78 is 1.93. The molecule has 0 aliphatic heterocycles. The molecular weight excluding hydrogens is 216 g/mol. The van der Waals surface area contributed by atoms with Crippen molar-refractivity contribution in [1.82, 2.24) is 30.3 Å². The molecule has 0 bridgehead atoms. The van der Waals surface area contributed by atoms with Crippen molar-refractivity contribution in [2.45, 2.75) is 32.9 Å². The van der Waals surface area contributed by atoms with Crippen molar-refractivity contribution in [3.63, 3.8) is 0 Å². The van der Waals surface area contributed by atoms with Gasteiger partial charge in [0.25, 0.3) is 0 Å². The molecule has 0 radical (unpaired) electrons. The van der Waals surface area contributed by atoms with Gasteiger partial charge in [0.15, 0.2) is 0 Å². The fraction of sp³-hybridized carbons (Fsp3) is 0.545. The zero-order chi connectivity index (χ0) is 12.1. The van der Waals surface area contributed by atoms with E-state index in [1.165, 1.54) is 11.9 Å². The molecule has 2 rings (SSSR count). The van der Waals surface area contributed by atoms with Crippen molar-refractivity contribution >= 4 is 0 Å². The van der Waals surface area contributed by atoms with Gasteiger partial charge in [-0.3, -0.25) is 9.78 Å². The van der Waals surface area contributed by atoms with Crippen LogP contribution in [0.4, 0.5) is 0 Å². The molecule has 2 aromatic heterocycles. The zero-order valence-electron chi connectivity index (χ0n) is 10.2. The normalized spacial score (nSPS) is 12.8. The second-order valence-electron chi connectivity index (χ2n) is 3.89. The summed E-state index contributed by atoms with van der Waals surface area (Å²) in [6, 6.07) is 0.164. The molecule has 6 nitrogen and oxygen atoms in total. The number of aromatic amines is 1. The van der Waals surface area contributed by atoms with Crippen molar-refractivity contribution in [2.24, 2.45) is 0 Å². The highest BCUT2D eigenvalue weighted by molar-refractivity contribution is 5.09. The number of nitrogens with zero attached hydrogens (tertiary/aromatic N) is 4. The van der Waals surface area contributed by atoms with Gasteiger partial charge in [-0.25, -0.2) is 4.98 Å². The Morgan fingerprint density at radius 1 is 1.47 bits per heavy atom. The Balaban J connectivity index is 2.07. The van der Waals surface area contributed by atoms with Crippen molar-refractivity contribution in [3.05, 3.63) is 30.1 Å². The molecule has 2 aromatic rings. The summed E-state index contributed by atoms with van der Waals surface area (Å²) in [6.45, 7) is 5.95. The lowest BCUT2D eigenvalue weighted by Gasteiger charge is -2.13. The summed E-state index contributed by atoms with van der Waals surface area (Å²) in [4.78, 5) is 4.20. The van der Waals surface area contributed by atoms with Gasteiger partial charge < -0.3 is 5.32 Å². The number of hydrogen-bond donors (Lipinski definition) is 2. The standard InChI is InChI=1S/C11H18N6/c1-3-12-10(11-13-8-14-16-11)5-9-6-15-17(4-2)7-9/h6-8,10,12H,3-5H2,1-2H3,(H,13,14,16). The fourth-order valence-corrected chi connectivity index (χ4v) is 1.82. The van der Waals surface area contributed by atoms with Gasteiger partial charge in [0.1, 0.15) is 12.2 Å². The van der Waals surface area contributed by atoms with E-state index in [-0.39, 0.29) is 6.04 Å². The first-order valence-corrected chi connectivity index (χ1v) is 5.93. The van der Waals surface area contributed by atoms with Crippen LogP contribution in [-0.2, 0) is 13.0 Å². The molecule has 6 heteroatoms. The summed E-state index contributed by atoms with van der Waals surface area (Å²) in [5.74, 6) is 0.871. The number of likely N-dealkylation sites (N-methyl/N-ethyl adjacent to an activating group) is 1. The Labute approximate surface area is 100 Å². The molecule has 0 fully saturated rings. The van der Waals surface area contributed by atoms with Gasteiger partial charge in [-0.2, -0.15) is 10.2 Å². The van der Waals surface area contributed by atoms with Gasteiger partial charge >= 0.3 is 0 Å². The highest BCUT2D eigenvalue weighted by Crippen LogP contribution is 2.13. The van der Waals surface area contributed by atoms with E-state index in [0.717, 1.165) is 25.3 Å². The van der Waals surface area contributed by atoms with Crippen LogP contribution in [0.15, 0.2) is 18.7 Å². The summed E-state index contributed by atoms with van der Waals surface area (Å²) in [6.07, 6.45) is 6.38. The molecule has 0 aliphatic carbocycles. The Morgan fingerprint density at radius 2 is 2.35 bits per heavy atom. The third-order valence-corrected chi connectivity index (χ3v) is 2.66. The minimum absolute atomic E-state index is 0.164. The molecule has 17 heavy (non-hydrogen) atoms. The topological polar surface area (TPSA) is 71.4 Å². The second-order valence-corrected chi connectivity index (χ2v) is 3.89. The quantitative estimate of drug-likeness (QED) is 0.779. The van der Waals surface area contributed by atoms with E-state index >= 15 is 0 Å². The van der Waals surface area contributed by atoms with E-state index in [0.29, 0.717) is 0 Å². The van der Waals surface area contributed by atoms with E-state index in [4.69, 9.17) is 0 Å². The van der Waals surface area contributed by atoms with Crippen LogP contribution < -0.4 is 5.32 Å². The van der Waals surface area contributed by atoms with E-state index < -0.39 is 0 Å². The number of nitrogens with one attached hydrogen (secondary N) is 2. The first-order valence-electron chi connectivity index (χ1n) is 5.93.